The summed E-state index contributed by atoms with van der Waals surface area (Å²) in [6.07, 6.45) is 8.09. The van der Waals surface area contributed by atoms with Crippen LogP contribution in [0.5, 0.6) is 0 Å². The molecular formula is C15H28O3. The van der Waals surface area contributed by atoms with E-state index in [1.807, 2.05) is 6.92 Å². The van der Waals surface area contributed by atoms with Crippen LogP contribution in [-0.2, 0) is 14.3 Å². The molecule has 1 fully saturated rings. The van der Waals surface area contributed by atoms with E-state index in [1.54, 1.807) is 0 Å². The number of rotatable bonds is 7. The van der Waals surface area contributed by atoms with Crippen LogP contribution in [0.3, 0.4) is 0 Å². The van der Waals surface area contributed by atoms with Crippen molar-refractivity contribution in [3.05, 3.63) is 0 Å². The zero-order valence-corrected chi connectivity index (χ0v) is 12.1. The van der Waals surface area contributed by atoms with Gasteiger partial charge in [-0.25, -0.2) is 0 Å². The maximum absolute atomic E-state index is 11.7. The Balaban J connectivity index is 2.25. The molecule has 0 amide bonds. The summed E-state index contributed by atoms with van der Waals surface area (Å²) in [4.78, 5) is 11.7. The van der Waals surface area contributed by atoms with E-state index in [4.69, 9.17) is 9.47 Å². The van der Waals surface area contributed by atoms with Crippen molar-refractivity contribution in [1.82, 2.24) is 0 Å². The Bertz CT molecular complexity index is 232. The molecule has 0 aromatic rings. The number of carbonyl (C=O) groups excluding carboxylic acids is 1. The van der Waals surface area contributed by atoms with Crippen molar-refractivity contribution in [3.8, 4) is 0 Å². The Labute approximate surface area is 111 Å². The second kappa shape index (κ2) is 8.52. The van der Waals surface area contributed by atoms with Gasteiger partial charge in [-0.3, -0.25) is 4.79 Å². The lowest BCUT2D eigenvalue weighted by Gasteiger charge is -2.26. The summed E-state index contributed by atoms with van der Waals surface area (Å²) in [5, 5.41) is 0. The van der Waals surface area contributed by atoms with Crippen LogP contribution < -0.4 is 0 Å². The number of hydrogen-bond donors (Lipinski definition) is 0. The minimum Gasteiger partial charge on any atom is -0.436 e. The third kappa shape index (κ3) is 6.39. The second-order valence-corrected chi connectivity index (χ2v) is 5.66. The van der Waals surface area contributed by atoms with E-state index in [2.05, 4.69) is 13.8 Å². The predicted octanol–water partition coefficient (Wildman–Crippen LogP) is 4.05. The Kier molecular flexibility index (Phi) is 7.33. The van der Waals surface area contributed by atoms with Crippen molar-refractivity contribution >= 4 is 5.97 Å². The smallest absolute Gasteiger partial charge is 0.308 e. The standard InChI is InChI=1S/C15H28O3/c1-4-15(17-13-8-6-5-7-9-13)18-14(16)11-10-12(2)3/h12-13,15H,4-11H2,1-3H3. The molecule has 1 atom stereocenters. The number of carbonyl (C=O) groups is 1. The Morgan fingerprint density at radius 3 is 2.44 bits per heavy atom. The summed E-state index contributed by atoms with van der Waals surface area (Å²) >= 11 is 0. The van der Waals surface area contributed by atoms with Gasteiger partial charge in [0.2, 0.25) is 6.29 Å². The van der Waals surface area contributed by atoms with Crippen LogP contribution in [0, 0.1) is 5.92 Å². The first-order chi connectivity index (χ1) is 8.61. The summed E-state index contributed by atoms with van der Waals surface area (Å²) in [6.45, 7) is 6.23. The lowest BCUT2D eigenvalue weighted by Crippen LogP contribution is -2.28. The summed E-state index contributed by atoms with van der Waals surface area (Å²) in [5.41, 5.74) is 0. The minimum absolute atomic E-state index is 0.119. The lowest BCUT2D eigenvalue weighted by molar-refractivity contribution is -0.193. The fraction of sp³-hybridized carbons (Fsp3) is 0.933. The van der Waals surface area contributed by atoms with E-state index in [0.29, 0.717) is 18.4 Å². The molecule has 1 aliphatic carbocycles. The van der Waals surface area contributed by atoms with Crippen molar-refractivity contribution < 1.29 is 14.3 Å². The zero-order chi connectivity index (χ0) is 13.4. The van der Waals surface area contributed by atoms with Gasteiger partial charge in [0, 0.05) is 12.8 Å². The molecule has 0 bridgehead atoms. The Morgan fingerprint density at radius 2 is 1.89 bits per heavy atom. The van der Waals surface area contributed by atoms with Crippen molar-refractivity contribution in [2.24, 2.45) is 5.92 Å². The molecule has 1 rings (SSSR count). The molecule has 18 heavy (non-hydrogen) atoms. The van der Waals surface area contributed by atoms with Gasteiger partial charge in [-0.15, -0.1) is 0 Å². The maximum atomic E-state index is 11.7. The van der Waals surface area contributed by atoms with Gasteiger partial charge in [0.25, 0.3) is 0 Å². The van der Waals surface area contributed by atoms with Crippen molar-refractivity contribution in [3.63, 3.8) is 0 Å². The van der Waals surface area contributed by atoms with Gasteiger partial charge in [-0.05, 0) is 25.2 Å². The number of hydrogen-bond acceptors (Lipinski definition) is 3. The van der Waals surface area contributed by atoms with Crippen molar-refractivity contribution in [2.75, 3.05) is 0 Å². The predicted molar refractivity (Wildman–Crippen MR) is 72.2 cm³/mol. The molecule has 3 nitrogen and oxygen atoms in total. The second-order valence-electron chi connectivity index (χ2n) is 5.66. The Hall–Kier alpha value is -0.570. The van der Waals surface area contributed by atoms with Gasteiger partial charge in [0.05, 0.1) is 6.10 Å². The summed E-state index contributed by atoms with van der Waals surface area (Å²) in [7, 11) is 0. The van der Waals surface area contributed by atoms with Crippen LogP contribution in [0.15, 0.2) is 0 Å². The molecular weight excluding hydrogens is 228 g/mol. The van der Waals surface area contributed by atoms with Gasteiger partial charge in [0.1, 0.15) is 0 Å². The van der Waals surface area contributed by atoms with Crippen LogP contribution in [0.1, 0.15) is 72.1 Å². The summed E-state index contributed by atoms with van der Waals surface area (Å²) in [6, 6.07) is 0. The van der Waals surface area contributed by atoms with Gasteiger partial charge in [-0.1, -0.05) is 40.0 Å². The molecule has 3 heteroatoms. The van der Waals surface area contributed by atoms with Crippen molar-refractivity contribution in [1.29, 1.82) is 0 Å². The molecule has 0 heterocycles. The largest absolute Gasteiger partial charge is 0.436 e. The lowest BCUT2D eigenvalue weighted by atomic mass is 9.98. The number of ether oxygens (including phenoxy) is 2. The molecule has 0 saturated heterocycles. The van der Waals surface area contributed by atoms with E-state index in [-0.39, 0.29) is 12.3 Å². The molecule has 1 saturated carbocycles. The molecule has 1 aliphatic rings. The zero-order valence-electron chi connectivity index (χ0n) is 12.1. The van der Waals surface area contributed by atoms with Gasteiger partial charge in [-0.2, -0.15) is 0 Å². The Morgan fingerprint density at radius 1 is 1.22 bits per heavy atom. The highest BCUT2D eigenvalue weighted by atomic mass is 16.7. The van der Waals surface area contributed by atoms with Crippen LogP contribution in [-0.4, -0.2) is 18.4 Å². The first kappa shape index (κ1) is 15.5. The summed E-state index contributed by atoms with van der Waals surface area (Å²) < 4.78 is 11.3. The summed E-state index contributed by atoms with van der Waals surface area (Å²) in [5.74, 6) is 0.420. The molecule has 0 aromatic heterocycles. The minimum atomic E-state index is -0.340. The first-order valence-corrected chi connectivity index (χ1v) is 7.46. The molecule has 0 aromatic carbocycles. The van der Waals surface area contributed by atoms with Crippen LogP contribution in [0.2, 0.25) is 0 Å². The molecule has 106 valence electrons. The van der Waals surface area contributed by atoms with E-state index in [1.165, 1.54) is 19.3 Å². The molecule has 1 unspecified atom stereocenters. The third-order valence-electron chi connectivity index (χ3n) is 3.42. The van der Waals surface area contributed by atoms with Gasteiger partial charge < -0.3 is 9.47 Å². The highest BCUT2D eigenvalue weighted by Gasteiger charge is 2.20. The van der Waals surface area contributed by atoms with Crippen LogP contribution in [0.25, 0.3) is 0 Å². The van der Waals surface area contributed by atoms with E-state index in [9.17, 15) is 4.79 Å². The van der Waals surface area contributed by atoms with Gasteiger partial charge in [0.15, 0.2) is 0 Å². The quantitative estimate of drug-likeness (QED) is 0.509. The van der Waals surface area contributed by atoms with Crippen LogP contribution in [0.4, 0.5) is 0 Å². The molecule has 0 aliphatic heterocycles. The van der Waals surface area contributed by atoms with Crippen molar-refractivity contribution in [2.45, 2.75) is 84.5 Å². The molecule has 0 spiro atoms. The fourth-order valence-electron chi connectivity index (χ4n) is 2.24. The van der Waals surface area contributed by atoms with Gasteiger partial charge >= 0.3 is 5.97 Å². The normalized spacial score (nSPS) is 18.9. The fourth-order valence-corrected chi connectivity index (χ4v) is 2.24. The highest BCUT2D eigenvalue weighted by Crippen LogP contribution is 2.22. The highest BCUT2D eigenvalue weighted by molar-refractivity contribution is 5.69. The van der Waals surface area contributed by atoms with Crippen LogP contribution >= 0.6 is 0 Å². The van der Waals surface area contributed by atoms with E-state index < -0.39 is 0 Å². The maximum Gasteiger partial charge on any atom is 0.308 e. The third-order valence-corrected chi connectivity index (χ3v) is 3.42. The van der Waals surface area contributed by atoms with E-state index >= 15 is 0 Å². The first-order valence-electron chi connectivity index (χ1n) is 7.46. The number of esters is 1. The van der Waals surface area contributed by atoms with E-state index in [0.717, 1.165) is 25.7 Å². The molecule has 0 N–H and O–H groups in total. The monoisotopic (exact) mass is 256 g/mol. The SMILES string of the molecule is CCC(OC(=O)CCC(C)C)OC1CCCCC1. The average molecular weight is 256 g/mol. The topological polar surface area (TPSA) is 35.5 Å². The average Bonchev–Trinajstić information content (AvgIpc) is 2.37. The molecule has 0 radical (unpaired) electrons.